The second-order valence-corrected chi connectivity index (χ2v) is 4.08. The molecule has 2 N–H and O–H groups in total. The Balaban J connectivity index is 2.35. The van der Waals surface area contributed by atoms with Crippen molar-refractivity contribution in [3.63, 3.8) is 0 Å². The standard InChI is InChI=1S/C13H19NO5/c1-15-10-5-4-9(11(16-2)12(10)17-3)13-18-7-8(6-14)19-13/h4-5,8,13H,6-7,14H2,1-3H3. The number of ether oxygens (including phenoxy) is 5. The average molecular weight is 269 g/mol. The zero-order valence-electron chi connectivity index (χ0n) is 11.3. The SMILES string of the molecule is COc1ccc(C2OCC(CN)O2)c(OC)c1OC. The molecule has 0 aliphatic carbocycles. The van der Waals surface area contributed by atoms with Crippen molar-refractivity contribution in [1.29, 1.82) is 0 Å². The van der Waals surface area contributed by atoms with Gasteiger partial charge in [-0.05, 0) is 12.1 Å². The summed E-state index contributed by atoms with van der Waals surface area (Å²) < 4.78 is 27.2. The first-order valence-electron chi connectivity index (χ1n) is 6.01. The first kappa shape index (κ1) is 13.9. The first-order chi connectivity index (χ1) is 9.24. The molecule has 0 radical (unpaired) electrons. The molecule has 0 spiro atoms. The van der Waals surface area contributed by atoms with E-state index >= 15 is 0 Å². The van der Waals surface area contributed by atoms with Crippen molar-refractivity contribution in [3.05, 3.63) is 17.7 Å². The Hall–Kier alpha value is -1.50. The summed E-state index contributed by atoms with van der Waals surface area (Å²) >= 11 is 0. The quantitative estimate of drug-likeness (QED) is 0.862. The lowest BCUT2D eigenvalue weighted by Crippen LogP contribution is -2.21. The Bertz CT molecular complexity index is 437. The maximum absolute atomic E-state index is 5.69. The van der Waals surface area contributed by atoms with Crippen molar-refractivity contribution < 1.29 is 23.7 Å². The van der Waals surface area contributed by atoms with Gasteiger partial charge in [0.05, 0.1) is 39.6 Å². The molecule has 2 rings (SSSR count). The molecule has 1 saturated heterocycles. The molecule has 1 fully saturated rings. The van der Waals surface area contributed by atoms with Gasteiger partial charge >= 0.3 is 0 Å². The van der Waals surface area contributed by atoms with Crippen molar-refractivity contribution in [3.8, 4) is 17.2 Å². The van der Waals surface area contributed by atoms with Crippen molar-refractivity contribution in [2.24, 2.45) is 5.73 Å². The van der Waals surface area contributed by atoms with Crippen LogP contribution in [0, 0.1) is 0 Å². The maximum Gasteiger partial charge on any atom is 0.203 e. The minimum Gasteiger partial charge on any atom is -0.493 e. The molecule has 1 aromatic carbocycles. The van der Waals surface area contributed by atoms with Crippen LogP contribution in [0.4, 0.5) is 0 Å². The molecule has 19 heavy (non-hydrogen) atoms. The number of benzene rings is 1. The van der Waals surface area contributed by atoms with E-state index in [1.54, 1.807) is 27.4 Å². The van der Waals surface area contributed by atoms with E-state index in [9.17, 15) is 0 Å². The fourth-order valence-electron chi connectivity index (χ4n) is 2.04. The molecule has 106 valence electrons. The second-order valence-electron chi connectivity index (χ2n) is 4.08. The minimum atomic E-state index is -0.497. The number of hydrogen-bond acceptors (Lipinski definition) is 6. The van der Waals surface area contributed by atoms with Gasteiger partial charge < -0.3 is 29.4 Å². The lowest BCUT2D eigenvalue weighted by Gasteiger charge is -2.18. The summed E-state index contributed by atoms with van der Waals surface area (Å²) in [6.07, 6.45) is -0.592. The van der Waals surface area contributed by atoms with Crippen molar-refractivity contribution in [2.75, 3.05) is 34.5 Å². The van der Waals surface area contributed by atoms with Crippen LogP contribution in [0.3, 0.4) is 0 Å². The third kappa shape index (κ3) is 2.60. The van der Waals surface area contributed by atoms with Crippen LogP contribution in [0.25, 0.3) is 0 Å². The average Bonchev–Trinajstić information content (AvgIpc) is 2.94. The molecular formula is C13H19NO5. The molecule has 0 aromatic heterocycles. The molecule has 2 unspecified atom stereocenters. The topological polar surface area (TPSA) is 72.2 Å². The lowest BCUT2D eigenvalue weighted by atomic mass is 10.1. The highest BCUT2D eigenvalue weighted by Gasteiger charge is 2.30. The van der Waals surface area contributed by atoms with Crippen molar-refractivity contribution in [1.82, 2.24) is 0 Å². The van der Waals surface area contributed by atoms with E-state index in [0.29, 0.717) is 30.4 Å². The Morgan fingerprint density at radius 1 is 1.16 bits per heavy atom. The summed E-state index contributed by atoms with van der Waals surface area (Å²) in [4.78, 5) is 0. The summed E-state index contributed by atoms with van der Waals surface area (Å²) in [5.74, 6) is 1.66. The predicted molar refractivity (Wildman–Crippen MR) is 68.7 cm³/mol. The van der Waals surface area contributed by atoms with Gasteiger partial charge in [0.25, 0.3) is 0 Å². The van der Waals surface area contributed by atoms with E-state index in [1.165, 1.54) is 0 Å². The van der Waals surface area contributed by atoms with Crippen LogP contribution in [0.1, 0.15) is 11.9 Å². The molecule has 1 aliphatic rings. The lowest BCUT2D eigenvalue weighted by molar-refractivity contribution is -0.0599. The van der Waals surface area contributed by atoms with Crippen LogP contribution >= 0.6 is 0 Å². The number of hydrogen-bond donors (Lipinski definition) is 1. The zero-order valence-corrected chi connectivity index (χ0v) is 11.3. The van der Waals surface area contributed by atoms with E-state index in [1.807, 2.05) is 6.07 Å². The molecule has 0 bridgehead atoms. The van der Waals surface area contributed by atoms with Crippen LogP contribution < -0.4 is 19.9 Å². The Morgan fingerprint density at radius 2 is 1.89 bits per heavy atom. The number of methoxy groups -OCH3 is 3. The zero-order chi connectivity index (χ0) is 13.8. The van der Waals surface area contributed by atoms with Gasteiger partial charge in [0, 0.05) is 6.54 Å². The minimum absolute atomic E-state index is 0.0946. The third-order valence-corrected chi connectivity index (χ3v) is 3.00. The van der Waals surface area contributed by atoms with Gasteiger partial charge in [-0.25, -0.2) is 0 Å². The summed E-state index contributed by atoms with van der Waals surface area (Å²) in [5, 5.41) is 0. The fourth-order valence-corrected chi connectivity index (χ4v) is 2.04. The third-order valence-electron chi connectivity index (χ3n) is 3.00. The van der Waals surface area contributed by atoms with E-state index < -0.39 is 6.29 Å². The second kappa shape index (κ2) is 6.10. The molecular weight excluding hydrogens is 250 g/mol. The highest BCUT2D eigenvalue weighted by atomic mass is 16.7. The van der Waals surface area contributed by atoms with Gasteiger partial charge in [0.2, 0.25) is 5.75 Å². The molecule has 1 heterocycles. The van der Waals surface area contributed by atoms with Gasteiger partial charge in [-0.2, -0.15) is 0 Å². The smallest absolute Gasteiger partial charge is 0.203 e. The van der Waals surface area contributed by atoms with E-state index in [2.05, 4.69) is 0 Å². The molecule has 0 saturated carbocycles. The molecule has 0 amide bonds. The van der Waals surface area contributed by atoms with Crippen LogP contribution in [0.2, 0.25) is 0 Å². The van der Waals surface area contributed by atoms with Crippen LogP contribution in [-0.4, -0.2) is 40.6 Å². The van der Waals surface area contributed by atoms with Gasteiger partial charge in [0.1, 0.15) is 0 Å². The molecule has 1 aromatic rings. The Kier molecular flexibility index (Phi) is 4.47. The van der Waals surface area contributed by atoms with E-state index in [4.69, 9.17) is 29.4 Å². The van der Waals surface area contributed by atoms with Gasteiger partial charge in [0.15, 0.2) is 17.8 Å². The summed E-state index contributed by atoms with van der Waals surface area (Å²) in [5.41, 5.74) is 6.33. The van der Waals surface area contributed by atoms with Gasteiger partial charge in [-0.15, -0.1) is 0 Å². The van der Waals surface area contributed by atoms with Crippen molar-refractivity contribution in [2.45, 2.75) is 12.4 Å². The van der Waals surface area contributed by atoms with Crippen molar-refractivity contribution >= 4 is 0 Å². The van der Waals surface area contributed by atoms with Gasteiger partial charge in [-0.3, -0.25) is 0 Å². The summed E-state index contributed by atoms with van der Waals surface area (Å²) in [7, 11) is 4.70. The molecule has 6 heteroatoms. The summed E-state index contributed by atoms with van der Waals surface area (Å²) in [6, 6.07) is 3.63. The Morgan fingerprint density at radius 3 is 2.42 bits per heavy atom. The highest BCUT2D eigenvalue weighted by molar-refractivity contribution is 5.56. The van der Waals surface area contributed by atoms with E-state index in [-0.39, 0.29) is 6.10 Å². The fraction of sp³-hybridized carbons (Fsp3) is 0.538. The van der Waals surface area contributed by atoms with Gasteiger partial charge in [-0.1, -0.05) is 0 Å². The maximum atomic E-state index is 5.69. The number of rotatable bonds is 5. The predicted octanol–water partition coefficient (Wildman–Crippen LogP) is 1.09. The molecule has 2 atom stereocenters. The van der Waals surface area contributed by atoms with E-state index in [0.717, 1.165) is 5.56 Å². The normalized spacial score (nSPS) is 22.3. The summed E-state index contributed by atoms with van der Waals surface area (Å²) in [6.45, 7) is 0.894. The molecule has 6 nitrogen and oxygen atoms in total. The number of nitrogens with two attached hydrogens (primary N) is 1. The van der Waals surface area contributed by atoms with Crippen LogP contribution in [0.15, 0.2) is 12.1 Å². The highest BCUT2D eigenvalue weighted by Crippen LogP contribution is 2.44. The van der Waals surface area contributed by atoms with Crippen LogP contribution in [-0.2, 0) is 9.47 Å². The largest absolute Gasteiger partial charge is 0.493 e. The molecule has 1 aliphatic heterocycles. The van der Waals surface area contributed by atoms with Crippen LogP contribution in [0.5, 0.6) is 17.2 Å². The monoisotopic (exact) mass is 269 g/mol. The Labute approximate surface area is 112 Å². The first-order valence-corrected chi connectivity index (χ1v) is 6.01.